The van der Waals surface area contributed by atoms with Gasteiger partial charge in [-0.15, -0.1) is 0 Å². The fourth-order valence-electron chi connectivity index (χ4n) is 1.73. The van der Waals surface area contributed by atoms with E-state index >= 15 is 0 Å². The molecule has 1 saturated carbocycles. The van der Waals surface area contributed by atoms with Crippen LogP contribution in [0.1, 0.15) is 23.2 Å². The number of benzene rings is 1. The third-order valence-electron chi connectivity index (χ3n) is 3.01. The van der Waals surface area contributed by atoms with E-state index in [4.69, 9.17) is 11.5 Å². The lowest BCUT2D eigenvalue weighted by Crippen LogP contribution is -2.31. The van der Waals surface area contributed by atoms with Crippen LogP contribution in [0.15, 0.2) is 18.2 Å². The average molecular weight is 237 g/mol. The third-order valence-corrected chi connectivity index (χ3v) is 3.01. The molecule has 1 aliphatic rings. The molecular weight excluding hydrogens is 221 g/mol. The number of halogens is 1. The van der Waals surface area contributed by atoms with Gasteiger partial charge in [-0.25, -0.2) is 4.39 Å². The maximum absolute atomic E-state index is 13.6. The van der Waals surface area contributed by atoms with Crippen molar-refractivity contribution in [2.45, 2.75) is 18.9 Å². The Kier molecular flexibility index (Phi) is 3.28. The second-order valence-corrected chi connectivity index (χ2v) is 4.44. The van der Waals surface area contributed by atoms with Crippen LogP contribution in [0.2, 0.25) is 0 Å². The van der Waals surface area contributed by atoms with Gasteiger partial charge < -0.3 is 16.8 Å². The second kappa shape index (κ2) is 4.71. The van der Waals surface area contributed by atoms with Crippen molar-refractivity contribution in [1.29, 1.82) is 0 Å². The topological polar surface area (TPSA) is 81.1 Å². The highest BCUT2D eigenvalue weighted by molar-refractivity contribution is 5.93. The van der Waals surface area contributed by atoms with Crippen molar-refractivity contribution >= 4 is 11.6 Å². The van der Waals surface area contributed by atoms with Gasteiger partial charge in [0.1, 0.15) is 5.82 Å². The largest absolute Gasteiger partial charge is 0.381 e. The summed E-state index contributed by atoms with van der Waals surface area (Å²) in [5, 5.41) is 2.95. The molecule has 17 heavy (non-hydrogen) atoms. The minimum atomic E-state index is -0.634. The summed E-state index contributed by atoms with van der Waals surface area (Å²) in [5.41, 5.74) is 11.5. The maximum atomic E-state index is 13.6. The molecule has 92 valence electrons. The van der Waals surface area contributed by atoms with Crippen LogP contribution in [0.25, 0.3) is 0 Å². The fraction of sp³-hybridized carbons (Fsp3) is 0.417. The quantitative estimate of drug-likeness (QED) is 0.716. The zero-order valence-electron chi connectivity index (χ0n) is 9.45. The average Bonchev–Trinajstić information content (AvgIpc) is 3.10. The minimum absolute atomic E-state index is 0.0604. The van der Waals surface area contributed by atoms with E-state index in [1.54, 1.807) is 0 Å². The number of primary amides is 1. The van der Waals surface area contributed by atoms with Gasteiger partial charge in [0.15, 0.2) is 0 Å². The summed E-state index contributed by atoms with van der Waals surface area (Å²) < 4.78 is 13.6. The summed E-state index contributed by atoms with van der Waals surface area (Å²) in [6, 6.07) is 4.20. The lowest BCUT2D eigenvalue weighted by Gasteiger charge is -2.13. The van der Waals surface area contributed by atoms with E-state index in [1.807, 2.05) is 0 Å². The molecule has 0 spiro atoms. The smallest absolute Gasteiger partial charge is 0.248 e. The lowest BCUT2D eigenvalue weighted by atomic mass is 10.1. The Balaban J connectivity index is 1.98. The first-order chi connectivity index (χ1) is 8.08. The molecule has 2 rings (SSSR count). The number of hydrogen-bond acceptors (Lipinski definition) is 3. The molecule has 0 saturated heterocycles. The van der Waals surface area contributed by atoms with Gasteiger partial charge in [-0.3, -0.25) is 4.79 Å². The molecule has 0 aromatic heterocycles. The summed E-state index contributed by atoms with van der Waals surface area (Å²) in [6.07, 6.45) is 2.32. The van der Waals surface area contributed by atoms with Crippen molar-refractivity contribution in [2.24, 2.45) is 17.4 Å². The van der Waals surface area contributed by atoms with Crippen LogP contribution in [-0.4, -0.2) is 18.5 Å². The lowest BCUT2D eigenvalue weighted by molar-refractivity contribution is 0.1000. The first-order valence-corrected chi connectivity index (χ1v) is 5.66. The van der Waals surface area contributed by atoms with Crippen LogP contribution >= 0.6 is 0 Å². The molecule has 1 fully saturated rings. The van der Waals surface area contributed by atoms with Gasteiger partial charge in [-0.05, 0) is 37.0 Å². The van der Waals surface area contributed by atoms with E-state index in [1.165, 1.54) is 12.1 Å². The molecular formula is C12H16FN3O. The van der Waals surface area contributed by atoms with Crippen molar-refractivity contribution < 1.29 is 9.18 Å². The Morgan fingerprint density at radius 3 is 2.76 bits per heavy atom. The number of carbonyl (C=O) groups is 1. The van der Waals surface area contributed by atoms with Gasteiger partial charge in [0.05, 0.1) is 5.69 Å². The highest BCUT2D eigenvalue weighted by atomic mass is 19.1. The summed E-state index contributed by atoms with van der Waals surface area (Å²) in [6.45, 7) is 0.539. The predicted octanol–water partition coefficient (Wildman–Crippen LogP) is 1.07. The maximum Gasteiger partial charge on any atom is 0.248 e. The number of hydrogen-bond donors (Lipinski definition) is 3. The number of amides is 1. The van der Waals surface area contributed by atoms with Crippen molar-refractivity contribution in [3.05, 3.63) is 29.6 Å². The zero-order valence-corrected chi connectivity index (χ0v) is 9.45. The van der Waals surface area contributed by atoms with Gasteiger partial charge in [-0.2, -0.15) is 0 Å². The molecule has 0 aliphatic heterocycles. The van der Waals surface area contributed by atoms with Gasteiger partial charge in [0, 0.05) is 18.2 Å². The number of rotatable bonds is 5. The molecule has 0 heterocycles. The first-order valence-electron chi connectivity index (χ1n) is 5.66. The molecule has 5 N–H and O–H groups in total. The van der Waals surface area contributed by atoms with Crippen molar-refractivity contribution in [1.82, 2.24) is 0 Å². The second-order valence-electron chi connectivity index (χ2n) is 4.44. The van der Waals surface area contributed by atoms with E-state index in [0.29, 0.717) is 18.2 Å². The summed E-state index contributed by atoms with van der Waals surface area (Å²) >= 11 is 0. The van der Waals surface area contributed by atoms with Crippen LogP contribution in [-0.2, 0) is 0 Å². The molecule has 1 aromatic rings. The Labute approximate surface area is 99.2 Å². The fourth-order valence-corrected chi connectivity index (χ4v) is 1.73. The van der Waals surface area contributed by atoms with Crippen LogP contribution in [0.3, 0.4) is 0 Å². The molecule has 1 atom stereocenters. The predicted molar refractivity (Wildman–Crippen MR) is 64.1 cm³/mol. The summed E-state index contributed by atoms with van der Waals surface area (Å²) in [7, 11) is 0. The Morgan fingerprint density at radius 1 is 1.53 bits per heavy atom. The van der Waals surface area contributed by atoms with E-state index < -0.39 is 11.7 Å². The number of nitrogens with two attached hydrogens (primary N) is 2. The molecule has 1 unspecified atom stereocenters. The normalized spacial score (nSPS) is 16.6. The molecule has 1 aliphatic carbocycles. The first kappa shape index (κ1) is 11.9. The highest BCUT2D eigenvalue weighted by Gasteiger charge is 2.28. The van der Waals surface area contributed by atoms with E-state index in [-0.39, 0.29) is 11.6 Å². The van der Waals surface area contributed by atoms with Crippen LogP contribution < -0.4 is 16.8 Å². The monoisotopic (exact) mass is 237 g/mol. The summed E-state index contributed by atoms with van der Waals surface area (Å²) in [4.78, 5) is 10.8. The third kappa shape index (κ3) is 2.94. The van der Waals surface area contributed by atoms with Crippen molar-refractivity contribution in [3.8, 4) is 0 Å². The van der Waals surface area contributed by atoms with Crippen molar-refractivity contribution in [2.75, 3.05) is 11.9 Å². The molecule has 0 radical (unpaired) electrons. The van der Waals surface area contributed by atoms with Gasteiger partial charge in [0.2, 0.25) is 5.91 Å². The van der Waals surface area contributed by atoms with E-state index in [0.717, 1.165) is 18.9 Å². The Bertz CT molecular complexity index is 432. The van der Waals surface area contributed by atoms with Crippen LogP contribution in [0.5, 0.6) is 0 Å². The molecule has 4 nitrogen and oxygen atoms in total. The SMILES string of the molecule is NC(=O)c1ccc(NCC(N)C2CC2)c(F)c1. The molecule has 1 amide bonds. The Morgan fingerprint density at radius 2 is 2.24 bits per heavy atom. The van der Waals surface area contributed by atoms with Crippen LogP contribution in [0.4, 0.5) is 10.1 Å². The van der Waals surface area contributed by atoms with Crippen molar-refractivity contribution in [3.63, 3.8) is 0 Å². The molecule has 0 bridgehead atoms. The van der Waals surface area contributed by atoms with Gasteiger partial charge in [0.25, 0.3) is 0 Å². The van der Waals surface area contributed by atoms with Crippen LogP contribution in [0, 0.1) is 11.7 Å². The van der Waals surface area contributed by atoms with E-state index in [9.17, 15) is 9.18 Å². The molecule has 1 aromatic carbocycles. The summed E-state index contributed by atoms with van der Waals surface area (Å²) in [5.74, 6) is -0.551. The zero-order chi connectivity index (χ0) is 12.4. The van der Waals surface area contributed by atoms with E-state index in [2.05, 4.69) is 5.32 Å². The van der Waals surface area contributed by atoms with Gasteiger partial charge in [-0.1, -0.05) is 0 Å². The minimum Gasteiger partial charge on any atom is -0.381 e. The standard InChI is InChI=1S/C12H16FN3O/c13-9-5-8(12(15)17)3-4-11(9)16-6-10(14)7-1-2-7/h3-5,7,10,16H,1-2,6,14H2,(H2,15,17). The number of carbonyl (C=O) groups excluding carboxylic acids is 1. The number of anilines is 1. The Hall–Kier alpha value is -1.62. The van der Waals surface area contributed by atoms with Gasteiger partial charge >= 0.3 is 0 Å². The number of nitrogens with one attached hydrogen (secondary N) is 1. The molecule has 5 heteroatoms. The highest BCUT2D eigenvalue weighted by Crippen LogP contribution is 2.31.